The number of furan rings is 1. The summed E-state index contributed by atoms with van der Waals surface area (Å²) in [5.41, 5.74) is 14.1. The molecule has 0 saturated heterocycles. The molecule has 10 rings (SSSR count). The molecule has 8 aromatic rings. The fourth-order valence-corrected chi connectivity index (χ4v) is 7.68. The van der Waals surface area contributed by atoms with Gasteiger partial charge in [-0.05, 0) is 53.1 Å². The van der Waals surface area contributed by atoms with Crippen molar-refractivity contribution in [3.63, 3.8) is 0 Å². The van der Waals surface area contributed by atoms with Gasteiger partial charge in [0, 0.05) is 38.6 Å². The van der Waals surface area contributed by atoms with Gasteiger partial charge in [-0.1, -0.05) is 105 Å². The van der Waals surface area contributed by atoms with Crippen LogP contribution in [0.3, 0.4) is 0 Å². The molecule has 0 fully saturated rings. The molecule has 4 heteroatoms. The minimum absolute atomic E-state index is 0.148. The van der Waals surface area contributed by atoms with Crippen LogP contribution in [0, 0.1) is 0 Å². The van der Waals surface area contributed by atoms with E-state index in [0.29, 0.717) is 0 Å². The molecule has 212 valence electrons. The standard InChI is InChI=1S/C41H27N3O/c1-41(2)30-21-19-25(23-29(30)36-31(41)22-20-27-26-13-7-9-18-35(26)45-39(27)36)44-33-16-8-6-14-28(33)38-37-32(15-10-17-34(37)44)42-40(43-38)24-11-4-3-5-12-24/h3-23H,1-2H3. The molecule has 0 unspecified atom stereocenters. The number of benzene rings is 6. The molecule has 4 nitrogen and oxygen atoms in total. The van der Waals surface area contributed by atoms with E-state index in [1.807, 2.05) is 24.3 Å². The summed E-state index contributed by atoms with van der Waals surface area (Å²) in [5.74, 6) is 0.740. The van der Waals surface area contributed by atoms with Crippen LogP contribution in [-0.2, 0) is 5.41 Å². The number of hydrogen-bond acceptors (Lipinski definition) is 4. The van der Waals surface area contributed by atoms with Crippen molar-refractivity contribution in [1.29, 1.82) is 0 Å². The molecule has 0 radical (unpaired) electrons. The van der Waals surface area contributed by atoms with Gasteiger partial charge in [0.1, 0.15) is 11.2 Å². The van der Waals surface area contributed by atoms with Crippen LogP contribution in [0.1, 0.15) is 25.0 Å². The summed E-state index contributed by atoms with van der Waals surface area (Å²) in [6, 6.07) is 45.0. The zero-order valence-corrected chi connectivity index (χ0v) is 24.9. The summed E-state index contributed by atoms with van der Waals surface area (Å²) in [4.78, 5) is 12.6. The van der Waals surface area contributed by atoms with E-state index in [0.717, 1.165) is 72.5 Å². The molecule has 0 N–H and O–H groups in total. The van der Waals surface area contributed by atoms with Gasteiger partial charge in [-0.2, -0.15) is 0 Å². The highest BCUT2D eigenvalue weighted by atomic mass is 16.3. The molecule has 3 heterocycles. The Kier molecular flexibility index (Phi) is 4.76. The third-order valence-corrected chi connectivity index (χ3v) is 9.80. The van der Waals surface area contributed by atoms with Crippen LogP contribution in [0.2, 0.25) is 0 Å². The van der Waals surface area contributed by atoms with Gasteiger partial charge in [-0.3, -0.25) is 0 Å². The van der Waals surface area contributed by atoms with Crippen molar-refractivity contribution in [1.82, 2.24) is 9.97 Å². The van der Waals surface area contributed by atoms with Gasteiger partial charge in [0.15, 0.2) is 5.82 Å². The smallest absolute Gasteiger partial charge is 0.160 e. The normalized spacial score (nSPS) is 14.1. The first-order valence-corrected chi connectivity index (χ1v) is 15.4. The second-order valence-electron chi connectivity index (χ2n) is 12.6. The minimum Gasteiger partial charge on any atom is -0.455 e. The summed E-state index contributed by atoms with van der Waals surface area (Å²) in [6.07, 6.45) is 0. The van der Waals surface area contributed by atoms with Crippen molar-refractivity contribution in [2.75, 3.05) is 4.90 Å². The summed E-state index contributed by atoms with van der Waals surface area (Å²) in [6.45, 7) is 4.64. The molecule has 0 atom stereocenters. The predicted molar refractivity (Wildman–Crippen MR) is 183 cm³/mol. The lowest BCUT2D eigenvalue weighted by molar-refractivity contribution is 0.653. The van der Waals surface area contributed by atoms with Gasteiger partial charge < -0.3 is 9.32 Å². The van der Waals surface area contributed by atoms with Gasteiger partial charge in [0.05, 0.1) is 28.0 Å². The number of rotatable bonds is 2. The van der Waals surface area contributed by atoms with E-state index in [1.165, 1.54) is 22.3 Å². The molecule has 6 aromatic carbocycles. The number of fused-ring (bicyclic) bond motifs is 9. The van der Waals surface area contributed by atoms with E-state index in [-0.39, 0.29) is 5.41 Å². The van der Waals surface area contributed by atoms with Crippen molar-refractivity contribution in [3.05, 3.63) is 139 Å². The minimum atomic E-state index is -0.148. The average molecular weight is 578 g/mol. The molecule has 1 aliphatic heterocycles. The Hall–Kier alpha value is -5.74. The Bertz CT molecular complexity index is 2530. The number of anilines is 3. The van der Waals surface area contributed by atoms with Gasteiger partial charge in [-0.25, -0.2) is 9.97 Å². The lowest BCUT2D eigenvalue weighted by Crippen LogP contribution is -2.17. The molecule has 0 saturated carbocycles. The van der Waals surface area contributed by atoms with Gasteiger partial charge in [0.25, 0.3) is 0 Å². The highest BCUT2D eigenvalue weighted by molar-refractivity contribution is 6.14. The Morgan fingerprint density at radius 2 is 1.40 bits per heavy atom. The van der Waals surface area contributed by atoms with Crippen LogP contribution in [0.4, 0.5) is 17.1 Å². The number of para-hydroxylation sites is 2. The quantitative estimate of drug-likeness (QED) is 0.205. The maximum atomic E-state index is 6.60. The van der Waals surface area contributed by atoms with E-state index in [1.54, 1.807) is 0 Å². The topological polar surface area (TPSA) is 42.2 Å². The lowest BCUT2D eigenvalue weighted by atomic mass is 9.82. The summed E-state index contributed by atoms with van der Waals surface area (Å²) < 4.78 is 6.60. The monoisotopic (exact) mass is 577 g/mol. The van der Waals surface area contributed by atoms with E-state index >= 15 is 0 Å². The number of aromatic nitrogens is 2. The Morgan fingerprint density at radius 1 is 0.622 bits per heavy atom. The first-order chi connectivity index (χ1) is 22.1. The maximum Gasteiger partial charge on any atom is 0.160 e. The van der Waals surface area contributed by atoms with Crippen molar-refractivity contribution >= 4 is 49.9 Å². The maximum absolute atomic E-state index is 6.60. The first kappa shape index (κ1) is 24.7. The molecule has 2 aliphatic rings. The van der Waals surface area contributed by atoms with Crippen LogP contribution in [0.5, 0.6) is 0 Å². The fraction of sp³-hybridized carbons (Fsp3) is 0.0732. The molecule has 0 spiro atoms. The molecule has 2 aromatic heterocycles. The van der Waals surface area contributed by atoms with Crippen LogP contribution in [0.25, 0.3) is 66.6 Å². The highest BCUT2D eigenvalue weighted by Gasteiger charge is 2.39. The first-order valence-electron chi connectivity index (χ1n) is 15.4. The zero-order chi connectivity index (χ0) is 29.9. The van der Waals surface area contributed by atoms with E-state index in [4.69, 9.17) is 14.4 Å². The van der Waals surface area contributed by atoms with Crippen molar-refractivity contribution in [2.24, 2.45) is 0 Å². The van der Waals surface area contributed by atoms with E-state index in [2.05, 4.69) is 122 Å². The van der Waals surface area contributed by atoms with Gasteiger partial charge in [0.2, 0.25) is 0 Å². The predicted octanol–water partition coefficient (Wildman–Crippen LogP) is 11.0. The molecule has 1 aliphatic carbocycles. The van der Waals surface area contributed by atoms with Gasteiger partial charge in [-0.15, -0.1) is 0 Å². The second-order valence-corrected chi connectivity index (χ2v) is 12.6. The largest absolute Gasteiger partial charge is 0.455 e. The average Bonchev–Trinajstić information content (AvgIpc) is 3.57. The van der Waals surface area contributed by atoms with Crippen molar-refractivity contribution in [3.8, 4) is 33.8 Å². The Balaban J connectivity index is 1.23. The number of hydrogen-bond donors (Lipinski definition) is 0. The third-order valence-electron chi connectivity index (χ3n) is 9.80. The number of nitrogens with zero attached hydrogens (tertiary/aromatic N) is 3. The van der Waals surface area contributed by atoms with E-state index in [9.17, 15) is 0 Å². The zero-order valence-electron chi connectivity index (χ0n) is 24.9. The molecular formula is C41H27N3O. The summed E-state index contributed by atoms with van der Waals surface area (Å²) in [7, 11) is 0. The molecule has 0 bridgehead atoms. The molecular weight excluding hydrogens is 550 g/mol. The summed E-state index contributed by atoms with van der Waals surface area (Å²) >= 11 is 0. The second kappa shape index (κ2) is 8.67. The van der Waals surface area contributed by atoms with Crippen LogP contribution in [-0.4, -0.2) is 9.97 Å². The molecule has 45 heavy (non-hydrogen) atoms. The van der Waals surface area contributed by atoms with Gasteiger partial charge >= 0.3 is 0 Å². The fourth-order valence-electron chi connectivity index (χ4n) is 7.68. The van der Waals surface area contributed by atoms with E-state index < -0.39 is 0 Å². The summed E-state index contributed by atoms with van der Waals surface area (Å²) in [5, 5.41) is 3.38. The van der Waals surface area contributed by atoms with Crippen molar-refractivity contribution < 1.29 is 4.42 Å². The van der Waals surface area contributed by atoms with Crippen LogP contribution < -0.4 is 4.90 Å². The SMILES string of the molecule is CC1(C)c2ccc(N3c4ccccc4-c4nc(-c5ccccc5)nc5cccc3c45)cc2-c2c1ccc1c2oc2ccccc21. The lowest BCUT2D eigenvalue weighted by Gasteiger charge is -2.33. The van der Waals surface area contributed by atoms with Crippen LogP contribution in [0.15, 0.2) is 132 Å². The Labute approximate surface area is 260 Å². The molecule has 0 amide bonds. The third kappa shape index (κ3) is 3.26. The highest BCUT2D eigenvalue weighted by Crippen LogP contribution is 2.56. The van der Waals surface area contributed by atoms with Crippen molar-refractivity contribution in [2.45, 2.75) is 19.3 Å². The van der Waals surface area contributed by atoms with Crippen LogP contribution >= 0.6 is 0 Å². The Morgan fingerprint density at radius 3 is 2.31 bits per heavy atom.